The predicted molar refractivity (Wildman–Crippen MR) is 87.5 cm³/mol. The fraction of sp³-hybridized carbons (Fsp3) is 0.812. The Hall–Kier alpha value is -1.67. The summed E-state index contributed by atoms with van der Waals surface area (Å²) >= 11 is 0. The predicted octanol–water partition coefficient (Wildman–Crippen LogP) is 1.82. The number of carbonyl (C=O) groups is 1. The molecule has 0 aromatic carbocycles. The van der Waals surface area contributed by atoms with E-state index in [0.717, 1.165) is 12.8 Å². The number of nitrogens with one attached hydrogen (secondary N) is 2. The van der Waals surface area contributed by atoms with Crippen molar-refractivity contribution in [2.24, 2.45) is 11.8 Å². The van der Waals surface area contributed by atoms with E-state index in [1.807, 2.05) is 0 Å². The van der Waals surface area contributed by atoms with Crippen LogP contribution in [0.3, 0.4) is 0 Å². The SMILES string of the molecule is Cc1noc([C@@H](NC(=O)NCCOCC(C)C)C2CCOCC2)n1. The summed E-state index contributed by atoms with van der Waals surface area (Å²) in [6, 6.07) is -0.554. The van der Waals surface area contributed by atoms with Gasteiger partial charge in [0.1, 0.15) is 6.04 Å². The average Bonchev–Trinajstić information content (AvgIpc) is 2.99. The lowest BCUT2D eigenvalue weighted by molar-refractivity contribution is 0.0502. The highest BCUT2D eigenvalue weighted by atomic mass is 16.5. The first-order chi connectivity index (χ1) is 11.6. The van der Waals surface area contributed by atoms with Crippen LogP contribution in [0.5, 0.6) is 0 Å². The van der Waals surface area contributed by atoms with Crippen LogP contribution in [-0.2, 0) is 9.47 Å². The van der Waals surface area contributed by atoms with Crippen molar-refractivity contribution in [2.75, 3.05) is 33.0 Å². The zero-order valence-corrected chi connectivity index (χ0v) is 14.7. The normalized spacial score (nSPS) is 17.0. The van der Waals surface area contributed by atoms with Crippen molar-refractivity contribution < 1.29 is 18.8 Å². The lowest BCUT2D eigenvalue weighted by Crippen LogP contribution is -2.43. The van der Waals surface area contributed by atoms with Crippen LogP contribution in [0.2, 0.25) is 0 Å². The third-order valence-corrected chi connectivity index (χ3v) is 3.82. The first-order valence-electron chi connectivity index (χ1n) is 8.56. The fourth-order valence-electron chi connectivity index (χ4n) is 2.62. The molecule has 1 aliphatic rings. The van der Waals surface area contributed by atoms with Crippen LogP contribution in [0, 0.1) is 18.8 Å². The second kappa shape index (κ2) is 9.58. The molecule has 2 amide bonds. The minimum absolute atomic E-state index is 0.224. The smallest absolute Gasteiger partial charge is 0.315 e. The summed E-state index contributed by atoms with van der Waals surface area (Å²) in [6.45, 7) is 8.95. The van der Waals surface area contributed by atoms with Crippen molar-refractivity contribution in [3.63, 3.8) is 0 Å². The Morgan fingerprint density at radius 2 is 2.12 bits per heavy atom. The van der Waals surface area contributed by atoms with E-state index in [2.05, 4.69) is 34.6 Å². The molecule has 8 heteroatoms. The van der Waals surface area contributed by atoms with Crippen LogP contribution in [0.4, 0.5) is 4.79 Å². The van der Waals surface area contributed by atoms with Crippen molar-refractivity contribution in [3.8, 4) is 0 Å². The molecule has 24 heavy (non-hydrogen) atoms. The molecule has 0 spiro atoms. The number of aromatic nitrogens is 2. The van der Waals surface area contributed by atoms with Gasteiger partial charge in [0.2, 0.25) is 5.89 Å². The second-order valence-corrected chi connectivity index (χ2v) is 6.48. The molecular formula is C16H28N4O4. The number of rotatable bonds is 8. The Morgan fingerprint density at radius 3 is 2.75 bits per heavy atom. The topological polar surface area (TPSA) is 98.5 Å². The summed E-state index contributed by atoms with van der Waals surface area (Å²) in [5, 5.41) is 9.60. The molecule has 1 atom stereocenters. The van der Waals surface area contributed by atoms with Crippen LogP contribution >= 0.6 is 0 Å². The van der Waals surface area contributed by atoms with Gasteiger partial charge in [0.25, 0.3) is 0 Å². The third-order valence-electron chi connectivity index (χ3n) is 3.82. The van der Waals surface area contributed by atoms with Crippen LogP contribution in [0.15, 0.2) is 4.52 Å². The Bertz CT molecular complexity index is 500. The maximum absolute atomic E-state index is 12.2. The summed E-state index contributed by atoms with van der Waals surface area (Å²) in [6.07, 6.45) is 1.70. The molecular weight excluding hydrogens is 312 g/mol. The Labute approximate surface area is 142 Å². The van der Waals surface area contributed by atoms with E-state index in [-0.39, 0.29) is 18.0 Å². The number of hydrogen-bond acceptors (Lipinski definition) is 6. The van der Waals surface area contributed by atoms with E-state index >= 15 is 0 Å². The molecule has 0 saturated carbocycles. The summed E-state index contributed by atoms with van der Waals surface area (Å²) in [4.78, 5) is 16.5. The quantitative estimate of drug-likeness (QED) is 0.700. The molecule has 1 aromatic rings. The standard InChI is InChI=1S/C16H28N4O4/c1-11(2)10-23-9-6-17-16(21)19-14(13-4-7-22-8-5-13)15-18-12(3)20-24-15/h11,13-14H,4-10H2,1-3H3,(H2,17,19,21)/t14-/m0/s1. The molecule has 2 rings (SSSR count). The molecule has 8 nitrogen and oxygen atoms in total. The number of nitrogens with zero attached hydrogens (tertiary/aromatic N) is 2. The molecule has 1 aromatic heterocycles. The average molecular weight is 340 g/mol. The number of hydrogen-bond donors (Lipinski definition) is 2. The van der Waals surface area contributed by atoms with Gasteiger partial charge in [0, 0.05) is 26.4 Å². The molecule has 0 aliphatic carbocycles. The Balaban J connectivity index is 1.84. The number of aryl methyl sites for hydroxylation is 1. The Kier molecular flexibility index (Phi) is 7.45. The molecule has 1 aliphatic heterocycles. The zero-order chi connectivity index (χ0) is 17.4. The van der Waals surface area contributed by atoms with Gasteiger partial charge in [0.05, 0.1) is 6.61 Å². The first-order valence-corrected chi connectivity index (χ1v) is 8.56. The molecule has 2 N–H and O–H groups in total. The summed E-state index contributed by atoms with van der Waals surface area (Å²) in [5.74, 6) is 1.72. The van der Waals surface area contributed by atoms with Gasteiger partial charge in [-0.25, -0.2) is 4.79 Å². The lowest BCUT2D eigenvalue weighted by atomic mass is 9.91. The lowest BCUT2D eigenvalue weighted by Gasteiger charge is -2.28. The number of amides is 2. The highest BCUT2D eigenvalue weighted by Crippen LogP contribution is 2.29. The molecule has 0 bridgehead atoms. The van der Waals surface area contributed by atoms with Crippen molar-refractivity contribution in [1.82, 2.24) is 20.8 Å². The van der Waals surface area contributed by atoms with E-state index in [4.69, 9.17) is 14.0 Å². The highest BCUT2D eigenvalue weighted by molar-refractivity contribution is 5.74. The maximum Gasteiger partial charge on any atom is 0.315 e. The molecule has 1 saturated heterocycles. The van der Waals surface area contributed by atoms with Gasteiger partial charge in [-0.3, -0.25) is 0 Å². The van der Waals surface area contributed by atoms with E-state index in [1.165, 1.54) is 0 Å². The van der Waals surface area contributed by atoms with Gasteiger partial charge in [-0.15, -0.1) is 0 Å². The van der Waals surface area contributed by atoms with Crippen molar-refractivity contribution in [1.29, 1.82) is 0 Å². The molecule has 2 heterocycles. The monoisotopic (exact) mass is 340 g/mol. The van der Waals surface area contributed by atoms with E-state index in [0.29, 0.717) is 50.6 Å². The van der Waals surface area contributed by atoms with E-state index in [1.54, 1.807) is 6.92 Å². The van der Waals surface area contributed by atoms with E-state index < -0.39 is 0 Å². The van der Waals surface area contributed by atoms with Gasteiger partial charge in [-0.05, 0) is 31.6 Å². The molecule has 136 valence electrons. The van der Waals surface area contributed by atoms with Gasteiger partial charge >= 0.3 is 6.03 Å². The molecule has 1 fully saturated rings. The fourth-order valence-corrected chi connectivity index (χ4v) is 2.62. The first kappa shape index (κ1) is 18.7. The maximum atomic E-state index is 12.2. The van der Waals surface area contributed by atoms with Crippen LogP contribution < -0.4 is 10.6 Å². The zero-order valence-electron chi connectivity index (χ0n) is 14.7. The van der Waals surface area contributed by atoms with Gasteiger partial charge < -0.3 is 24.6 Å². The van der Waals surface area contributed by atoms with Crippen molar-refractivity contribution in [3.05, 3.63) is 11.7 Å². The summed E-state index contributed by atoms with van der Waals surface area (Å²) in [5.41, 5.74) is 0. The summed E-state index contributed by atoms with van der Waals surface area (Å²) < 4.78 is 16.1. The number of urea groups is 1. The third kappa shape index (κ3) is 6.09. The second-order valence-electron chi connectivity index (χ2n) is 6.48. The van der Waals surface area contributed by atoms with Gasteiger partial charge in [-0.1, -0.05) is 19.0 Å². The summed E-state index contributed by atoms with van der Waals surface area (Å²) in [7, 11) is 0. The minimum Gasteiger partial charge on any atom is -0.381 e. The molecule has 0 unspecified atom stereocenters. The Morgan fingerprint density at radius 1 is 1.38 bits per heavy atom. The van der Waals surface area contributed by atoms with Crippen LogP contribution in [0.25, 0.3) is 0 Å². The number of ether oxygens (including phenoxy) is 2. The van der Waals surface area contributed by atoms with Gasteiger partial charge in [-0.2, -0.15) is 4.98 Å². The largest absolute Gasteiger partial charge is 0.381 e. The minimum atomic E-state index is -0.299. The molecule has 0 radical (unpaired) electrons. The highest BCUT2D eigenvalue weighted by Gasteiger charge is 2.31. The van der Waals surface area contributed by atoms with Crippen molar-refractivity contribution >= 4 is 6.03 Å². The van der Waals surface area contributed by atoms with Crippen LogP contribution in [-0.4, -0.2) is 49.1 Å². The van der Waals surface area contributed by atoms with Gasteiger partial charge in [0.15, 0.2) is 5.82 Å². The number of carbonyl (C=O) groups excluding carboxylic acids is 1. The van der Waals surface area contributed by atoms with Crippen LogP contribution in [0.1, 0.15) is 44.4 Å². The van der Waals surface area contributed by atoms with E-state index in [9.17, 15) is 4.79 Å². The van der Waals surface area contributed by atoms with Crippen molar-refractivity contribution in [2.45, 2.75) is 39.7 Å².